The maximum atomic E-state index is 14.4. The van der Waals surface area contributed by atoms with Crippen LogP contribution in [-0.4, -0.2) is 34.4 Å². The molecule has 1 unspecified atom stereocenters. The first-order valence-electron chi connectivity index (χ1n) is 9.88. The van der Waals surface area contributed by atoms with Gasteiger partial charge in [-0.1, -0.05) is 84.4 Å². The summed E-state index contributed by atoms with van der Waals surface area (Å²) in [5.74, 6) is -2.76. The van der Waals surface area contributed by atoms with Gasteiger partial charge in [0.15, 0.2) is 0 Å². The van der Waals surface area contributed by atoms with Crippen molar-refractivity contribution >= 4 is 29.3 Å². The van der Waals surface area contributed by atoms with Crippen molar-refractivity contribution in [3.8, 4) is 0 Å². The second-order valence-corrected chi connectivity index (χ2v) is 7.73. The summed E-state index contributed by atoms with van der Waals surface area (Å²) in [6.07, 6.45) is -5.22. The number of rotatable bonds is 5. The Morgan fingerprint density at radius 1 is 0.939 bits per heavy atom. The molecule has 2 amide bonds. The summed E-state index contributed by atoms with van der Waals surface area (Å²) in [6.45, 7) is -0.160. The lowest BCUT2D eigenvalue weighted by Gasteiger charge is -2.29. The van der Waals surface area contributed by atoms with E-state index in [4.69, 9.17) is 11.6 Å². The quantitative estimate of drug-likeness (QED) is 0.580. The van der Waals surface area contributed by atoms with Gasteiger partial charge in [-0.3, -0.25) is 14.5 Å². The fourth-order valence-corrected chi connectivity index (χ4v) is 3.71. The van der Waals surface area contributed by atoms with E-state index in [0.717, 1.165) is 4.90 Å². The van der Waals surface area contributed by atoms with E-state index in [1.165, 1.54) is 24.3 Å². The number of amidine groups is 1. The van der Waals surface area contributed by atoms with Crippen molar-refractivity contribution in [2.75, 3.05) is 0 Å². The van der Waals surface area contributed by atoms with Gasteiger partial charge in [0, 0.05) is 5.56 Å². The van der Waals surface area contributed by atoms with Crippen LogP contribution in [0.2, 0.25) is 5.02 Å². The molecular formula is C24H17ClF3N3O2. The van der Waals surface area contributed by atoms with Gasteiger partial charge < -0.3 is 5.32 Å². The van der Waals surface area contributed by atoms with Crippen molar-refractivity contribution in [2.45, 2.75) is 18.4 Å². The minimum atomic E-state index is -5.22. The van der Waals surface area contributed by atoms with Gasteiger partial charge in [-0.2, -0.15) is 13.2 Å². The Morgan fingerprint density at radius 2 is 1.52 bits per heavy atom. The Balaban J connectivity index is 1.82. The predicted molar refractivity (Wildman–Crippen MR) is 118 cm³/mol. The monoisotopic (exact) mass is 471 g/mol. The van der Waals surface area contributed by atoms with E-state index in [1.807, 2.05) is 5.32 Å². The number of amides is 2. The van der Waals surface area contributed by atoms with Crippen LogP contribution in [0.1, 0.15) is 21.5 Å². The maximum Gasteiger partial charge on any atom is 0.442 e. The molecule has 0 saturated heterocycles. The Morgan fingerprint density at radius 3 is 2.12 bits per heavy atom. The van der Waals surface area contributed by atoms with Gasteiger partial charge in [-0.15, -0.1) is 0 Å². The minimum absolute atomic E-state index is 0.0498. The Labute approximate surface area is 192 Å². The molecule has 1 N–H and O–H groups in total. The highest BCUT2D eigenvalue weighted by molar-refractivity contribution is 6.34. The Hall–Kier alpha value is -3.65. The number of nitrogens with one attached hydrogen (secondary N) is 1. The van der Waals surface area contributed by atoms with Crippen molar-refractivity contribution in [1.29, 1.82) is 0 Å². The Bertz CT molecular complexity index is 1220. The number of halogens is 4. The zero-order chi connectivity index (χ0) is 23.6. The van der Waals surface area contributed by atoms with Gasteiger partial charge in [-0.05, 0) is 17.7 Å². The fraction of sp³-hybridized carbons (Fsp3) is 0.125. The third-order valence-electron chi connectivity index (χ3n) is 5.12. The number of nitrogens with zero attached hydrogens (tertiary/aromatic N) is 2. The smallest absolute Gasteiger partial charge is 0.312 e. The summed E-state index contributed by atoms with van der Waals surface area (Å²) in [4.78, 5) is 30.9. The van der Waals surface area contributed by atoms with Gasteiger partial charge in [0.2, 0.25) is 0 Å². The number of carbonyl (C=O) groups is 2. The molecule has 1 atom stereocenters. The lowest BCUT2D eigenvalue weighted by Crippen LogP contribution is -2.63. The summed E-state index contributed by atoms with van der Waals surface area (Å²) in [5.41, 5.74) is -2.79. The SMILES string of the molecule is O=C(NC1(C(F)(F)F)N=C(c2ccccc2)N(Cc2ccccc2)C1=O)c1ccccc1Cl. The van der Waals surface area contributed by atoms with E-state index < -0.39 is 23.7 Å². The number of benzene rings is 3. The average Bonchev–Trinajstić information content (AvgIpc) is 3.08. The molecule has 168 valence electrons. The van der Waals surface area contributed by atoms with Crippen molar-refractivity contribution in [3.63, 3.8) is 0 Å². The summed E-state index contributed by atoms with van der Waals surface area (Å²) in [7, 11) is 0. The molecule has 5 nitrogen and oxygen atoms in total. The lowest BCUT2D eigenvalue weighted by molar-refractivity contribution is -0.196. The second-order valence-electron chi connectivity index (χ2n) is 7.32. The van der Waals surface area contributed by atoms with E-state index in [0.29, 0.717) is 11.1 Å². The highest BCUT2D eigenvalue weighted by Crippen LogP contribution is 2.39. The lowest BCUT2D eigenvalue weighted by atomic mass is 10.1. The molecule has 3 aromatic rings. The van der Waals surface area contributed by atoms with Crippen LogP contribution < -0.4 is 5.32 Å². The molecule has 3 aromatic carbocycles. The summed E-state index contributed by atoms with van der Waals surface area (Å²) >= 11 is 5.99. The topological polar surface area (TPSA) is 61.8 Å². The molecule has 0 fully saturated rings. The zero-order valence-electron chi connectivity index (χ0n) is 17.0. The zero-order valence-corrected chi connectivity index (χ0v) is 17.8. The van der Waals surface area contributed by atoms with Crippen molar-refractivity contribution < 1.29 is 22.8 Å². The molecule has 0 aliphatic carbocycles. The molecule has 33 heavy (non-hydrogen) atoms. The molecule has 0 bridgehead atoms. The molecule has 0 saturated carbocycles. The number of hydrogen-bond donors (Lipinski definition) is 1. The summed E-state index contributed by atoms with van der Waals surface area (Å²) < 4.78 is 43.3. The molecule has 0 aromatic heterocycles. The van der Waals surface area contributed by atoms with E-state index in [9.17, 15) is 22.8 Å². The van der Waals surface area contributed by atoms with Gasteiger partial charge in [0.25, 0.3) is 11.8 Å². The normalized spacial score (nSPS) is 18.2. The van der Waals surface area contributed by atoms with Gasteiger partial charge in [-0.25, -0.2) is 4.99 Å². The predicted octanol–water partition coefficient (Wildman–Crippen LogP) is 4.82. The molecular weight excluding hydrogens is 455 g/mol. The molecule has 1 aliphatic rings. The van der Waals surface area contributed by atoms with E-state index >= 15 is 0 Å². The van der Waals surface area contributed by atoms with Crippen LogP contribution in [0.25, 0.3) is 0 Å². The standard InChI is InChI=1S/C24H17ClF3N3O2/c25-19-14-8-7-13-18(19)21(32)30-23(24(26,27)28)22(33)31(15-16-9-3-1-4-10-16)20(29-23)17-11-5-2-6-12-17/h1-14H,15H2,(H,30,32). The van der Waals surface area contributed by atoms with Crippen LogP contribution in [0, 0.1) is 0 Å². The number of aliphatic imine (C=N–C) groups is 1. The number of carbonyl (C=O) groups excluding carboxylic acids is 2. The molecule has 4 rings (SSSR count). The van der Waals surface area contributed by atoms with Crippen LogP contribution in [0.15, 0.2) is 89.9 Å². The first kappa shape index (κ1) is 22.5. The summed E-state index contributed by atoms with van der Waals surface area (Å²) in [5, 5.41) is 1.78. The minimum Gasteiger partial charge on any atom is -0.312 e. The molecule has 0 spiro atoms. The third kappa shape index (κ3) is 4.21. The summed E-state index contributed by atoms with van der Waals surface area (Å²) in [6, 6.07) is 22.2. The van der Waals surface area contributed by atoms with Gasteiger partial charge in [0.05, 0.1) is 17.1 Å². The molecule has 0 radical (unpaired) electrons. The van der Waals surface area contributed by atoms with E-state index in [-0.39, 0.29) is 23.0 Å². The Kier molecular flexibility index (Phi) is 5.95. The third-order valence-corrected chi connectivity index (χ3v) is 5.45. The van der Waals surface area contributed by atoms with Crippen molar-refractivity contribution in [1.82, 2.24) is 10.2 Å². The molecule has 9 heteroatoms. The van der Waals surface area contributed by atoms with Crippen LogP contribution in [0.3, 0.4) is 0 Å². The van der Waals surface area contributed by atoms with Crippen molar-refractivity contribution in [3.05, 3.63) is 107 Å². The first-order valence-corrected chi connectivity index (χ1v) is 10.3. The highest BCUT2D eigenvalue weighted by Gasteiger charge is 2.67. The molecule has 1 aliphatic heterocycles. The fourth-order valence-electron chi connectivity index (χ4n) is 3.49. The van der Waals surface area contributed by atoms with Gasteiger partial charge >= 0.3 is 11.8 Å². The number of hydrogen-bond acceptors (Lipinski definition) is 3. The van der Waals surface area contributed by atoms with Gasteiger partial charge in [0.1, 0.15) is 5.84 Å². The maximum absolute atomic E-state index is 14.4. The van der Waals surface area contributed by atoms with Crippen molar-refractivity contribution in [2.24, 2.45) is 4.99 Å². The van der Waals surface area contributed by atoms with E-state index in [2.05, 4.69) is 4.99 Å². The van der Waals surface area contributed by atoms with Crippen LogP contribution >= 0.6 is 11.6 Å². The second kappa shape index (κ2) is 8.71. The van der Waals surface area contributed by atoms with Crippen LogP contribution in [0.5, 0.6) is 0 Å². The van der Waals surface area contributed by atoms with E-state index in [1.54, 1.807) is 60.7 Å². The highest BCUT2D eigenvalue weighted by atomic mass is 35.5. The van der Waals surface area contributed by atoms with Crippen LogP contribution in [0.4, 0.5) is 13.2 Å². The first-order chi connectivity index (χ1) is 15.7. The van der Waals surface area contributed by atoms with Crippen LogP contribution in [-0.2, 0) is 11.3 Å². The number of alkyl halides is 3. The largest absolute Gasteiger partial charge is 0.442 e. The average molecular weight is 472 g/mol. The molecule has 1 heterocycles.